The molecule has 2 aliphatic heterocycles. The number of carbonyl (C=O) groups excluding carboxylic acids is 1. The van der Waals surface area contributed by atoms with Crippen LogP contribution in [-0.2, 0) is 0 Å². The Labute approximate surface area is 255 Å². The molecule has 224 valence electrons. The Kier molecular flexibility index (Phi) is 10.1. The average molecular weight is 593 g/mol. The van der Waals surface area contributed by atoms with Gasteiger partial charge in [0, 0.05) is 30.2 Å². The van der Waals surface area contributed by atoms with Crippen molar-refractivity contribution < 1.29 is 19.0 Å². The fourth-order valence-corrected chi connectivity index (χ4v) is 6.55. The summed E-state index contributed by atoms with van der Waals surface area (Å²) in [5, 5.41) is 5.32. The first-order chi connectivity index (χ1) is 20.6. The summed E-state index contributed by atoms with van der Waals surface area (Å²) in [6.07, 6.45) is 1.64. The summed E-state index contributed by atoms with van der Waals surface area (Å²) in [5.74, 6) is 1.66. The van der Waals surface area contributed by atoms with Gasteiger partial charge in [0.2, 0.25) is 6.17 Å². The van der Waals surface area contributed by atoms with E-state index in [2.05, 4.69) is 34.8 Å². The van der Waals surface area contributed by atoms with Gasteiger partial charge in [-0.3, -0.25) is 4.90 Å². The summed E-state index contributed by atoms with van der Waals surface area (Å²) in [6, 6.07) is 27.9. The second-order valence-electron chi connectivity index (χ2n) is 10.7. The van der Waals surface area contributed by atoms with Crippen molar-refractivity contribution in [2.75, 3.05) is 63.9 Å². The quantitative estimate of drug-likeness (QED) is 0.223. The lowest BCUT2D eigenvalue weighted by molar-refractivity contribution is -1.13. The summed E-state index contributed by atoms with van der Waals surface area (Å²) in [4.78, 5) is 18.6. The van der Waals surface area contributed by atoms with Gasteiger partial charge < -0.3 is 14.4 Å². The number of hydrogen-bond acceptors (Lipinski definition) is 5. The molecule has 2 saturated heterocycles. The maximum Gasteiger partial charge on any atom is 0.370 e. The van der Waals surface area contributed by atoms with Crippen molar-refractivity contribution in [2.45, 2.75) is 32.9 Å². The molecular formula is C33H43ClN5O3+. The van der Waals surface area contributed by atoms with E-state index in [9.17, 15) is 4.79 Å². The van der Waals surface area contributed by atoms with Gasteiger partial charge in [-0.05, 0) is 48.9 Å². The van der Waals surface area contributed by atoms with Crippen molar-refractivity contribution in [3.05, 3.63) is 90.0 Å². The first kappa shape index (κ1) is 30.0. The minimum absolute atomic E-state index is 0.0551. The van der Waals surface area contributed by atoms with Crippen LogP contribution < -0.4 is 14.4 Å². The third kappa shape index (κ3) is 6.46. The molecule has 2 heterocycles. The molecule has 0 saturated carbocycles. The van der Waals surface area contributed by atoms with Crippen LogP contribution in [0.3, 0.4) is 0 Å². The lowest BCUT2D eigenvalue weighted by atomic mass is 10.2. The van der Waals surface area contributed by atoms with Crippen LogP contribution in [0.4, 0.5) is 10.5 Å². The highest BCUT2D eigenvalue weighted by molar-refractivity contribution is 6.30. The number of carbonyl (C=O) groups is 1. The van der Waals surface area contributed by atoms with Crippen molar-refractivity contribution in [3.63, 3.8) is 0 Å². The number of urea groups is 1. The van der Waals surface area contributed by atoms with Gasteiger partial charge in [0.05, 0.1) is 26.2 Å². The minimum Gasteiger partial charge on any atom is -0.492 e. The number of piperazine rings is 1. The van der Waals surface area contributed by atoms with Gasteiger partial charge in [0.1, 0.15) is 24.7 Å². The van der Waals surface area contributed by atoms with Crippen LogP contribution >= 0.6 is 11.6 Å². The zero-order valence-electron chi connectivity index (χ0n) is 24.8. The van der Waals surface area contributed by atoms with Gasteiger partial charge in [0.15, 0.2) is 6.54 Å². The number of halogens is 1. The molecular weight excluding hydrogens is 550 g/mol. The third-order valence-corrected chi connectivity index (χ3v) is 8.45. The highest BCUT2D eigenvalue weighted by Crippen LogP contribution is 2.37. The molecule has 3 aromatic rings. The van der Waals surface area contributed by atoms with Crippen molar-refractivity contribution in [2.24, 2.45) is 0 Å². The van der Waals surface area contributed by atoms with Crippen molar-refractivity contribution in [1.29, 1.82) is 0 Å². The molecule has 0 N–H and O–H groups in total. The number of amides is 2. The Morgan fingerprint density at radius 3 is 2.05 bits per heavy atom. The smallest absolute Gasteiger partial charge is 0.370 e. The number of para-hydroxylation sites is 2. The number of nitrogens with zero attached hydrogens (tertiary/aromatic N) is 5. The van der Waals surface area contributed by atoms with Gasteiger partial charge in [-0.2, -0.15) is 0 Å². The molecule has 0 aromatic heterocycles. The fourth-order valence-electron chi connectivity index (χ4n) is 6.36. The number of rotatable bonds is 13. The van der Waals surface area contributed by atoms with E-state index in [1.54, 1.807) is 0 Å². The molecule has 5 rings (SSSR count). The van der Waals surface area contributed by atoms with E-state index in [4.69, 9.17) is 21.1 Å². The standard InChI is InChI=1S/C33H43ClN5O3/c1-3-18-38-33(40)37(23-25-41-30-14-7-5-8-15-30)32(4-2)39(38,24-26-42-31-16-9-6-10-17-31)36-21-19-35(20-22-36)29-13-11-12-28(34)27-29/h5-17,27,32H,3-4,18-26H2,1-2H3/q+1. The van der Waals surface area contributed by atoms with Crippen LogP contribution in [0.1, 0.15) is 26.7 Å². The zero-order chi connectivity index (χ0) is 29.4. The molecule has 9 heteroatoms. The SMILES string of the molecule is CCCN1C(=O)N(CCOc2ccccc2)C(CC)[N+]1(CCOc1ccccc1)N1CCN(c2cccc(Cl)c2)CC1. The highest BCUT2D eigenvalue weighted by Gasteiger charge is 2.60. The molecule has 0 aliphatic carbocycles. The summed E-state index contributed by atoms with van der Waals surface area (Å²) >= 11 is 6.32. The highest BCUT2D eigenvalue weighted by atomic mass is 35.5. The second-order valence-corrected chi connectivity index (χ2v) is 11.2. The van der Waals surface area contributed by atoms with Gasteiger partial charge in [-0.25, -0.2) is 4.79 Å². The van der Waals surface area contributed by atoms with Gasteiger partial charge >= 0.3 is 6.03 Å². The van der Waals surface area contributed by atoms with E-state index in [0.717, 1.165) is 61.2 Å². The summed E-state index contributed by atoms with van der Waals surface area (Å²) in [6.45, 7) is 10.4. The summed E-state index contributed by atoms with van der Waals surface area (Å²) in [5.41, 5.74) is 1.13. The Balaban J connectivity index is 1.40. The molecule has 8 nitrogen and oxygen atoms in total. The molecule has 2 aliphatic rings. The van der Waals surface area contributed by atoms with Crippen LogP contribution in [0.2, 0.25) is 5.02 Å². The Bertz CT molecular complexity index is 1270. The predicted octanol–water partition coefficient (Wildman–Crippen LogP) is 6.15. The van der Waals surface area contributed by atoms with Crippen LogP contribution in [0.15, 0.2) is 84.9 Å². The van der Waals surface area contributed by atoms with E-state index in [0.29, 0.717) is 37.5 Å². The van der Waals surface area contributed by atoms with Crippen LogP contribution in [0.5, 0.6) is 11.5 Å². The van der Waals surface area contributed by atoms with Crippen molar-refractivity contribution in [1.82, 2.24) is 14.9 Å². The summed E-state index contributed by atoms with van der Waals surface area (Å²) < 4.78 is 12.8. The molecule has 2 amide bonds. The Morgan fingerprint density at radius 2 is 1.45 bits per heavy atom. The first-order valence-corrected chi connectivity index (χ1v) is 15.5. The molecule has 0 radical (unpaired) electrons. The normalized spacial score (nSPS) is 21.2. The topological polar surface area (TPSA) is 48.5 Å². The number of ether oxygens (including phenoxy) is 2. The molecule has 42 heavy (non-hydrogen) atoms. The molecule has 3 aromatic carbocycles. The summed E-state index contributed by atoms with van der Waals surface area (Å²) in [7, 11) is 0. The van der Waals surface area contributed by atoms with Gasteiger partial charge in [0.25, 0.3) is 0 Å². The molecule has 2 unspecified atom stereocenters. The van der Waals surface area contributed by atoms with E-state index in [1.807, 2.05) is 83.8 Å². The van der Waals surface area contributed by atoms with Gasteiger partial charge in [-0.15, -0.1) is 14.7 Å². The van der Waals surface area contributed by atoms with E-state index in [-0.39, 0.29) is 12.2 Å². The lowest BCUT2D eigenvalue weighted by Gasteiger charge is -2.51. The fraction of sp³-hybridized carbons (Fsp3) is 0.424. The van der Waals surface area contributed by atoms with Crippen LogP contribution in [-0.4, -0.2) is 90.8 Å². The van der Waals surface area contributed by atoms with Gasteiger partial charge in [-0.1, -0.05) is 67.9 Å². The number of anilines is 1. The first-order valence-electron chi connectivity index (χ1n) is 15.1. The molecule has 2 atom stereocenters. The van der Waals surface area contributed by atoms with E-state index < -0.39 is 0 Å². The van der Waals surface area contributed by atoms with E-state index >= 15 is 0 Å². The minimum atomic E-state index is -0.0551. The molecule has 0 spiro atoms. The maximum absolute atomic E-state index is 14.2. The van der Waals surface area contributed by atoms with E-state index in [1.165, 1.54) is 0 Å². The molecule has 2 fully saturated rings. The number of benzene rings is 3. The lowest BCUT2D eigenvalue weighted by Crippen LogP contribution is -2.74. The largest absolute Gasteiger partial charge is 0.492 e. The number of quaternary nitrogens is 1. The molecule has 0 bridgehead atoms. The Hall–Kier alpha value is -3.46. The number of hydrogen-bond donors (Lipinski definition) is 0. The predicted molar refractivity (Wildman–Crippen MR) is 167 cm³/mol. The maximum atomic E-state index is 14.2. The van der Waals surface area contributed by atoms with Crippen LogP contribution in [0, 0.1) is 0 Å². The van der Waals surface area contributed by atoms with Crippen molar-refractivity contribution in [3.8, 4) is 11.5 Å². The monoisotopic (exact) mass is 592 g/mol. The zero-order valence-corrected chi connectivity index (χ0v) is 25.5. The Morgan fingerprint density at radius 1 is 0.810 bits per heavy atom. The second kappa shape index (κ2) is 14.1. The average Bonchev–Trinajstić information content (AvgIpc) is 3.25. The third-order valence-electron chi connectivity index (χ3n) is 8.22. The van der Waals surface area contributed by atoms with Crippen molar-refractivity contribution >= 4 is 23.3 Å². The van der Waals surface area contributed by atoms with Crippen LogP contribution in [0.25, 0.3) is 0 Å².